The fourth-order valence-corrected chi connectivity index (χ4v) is 2.22. The number of nitrogens with zero attached hydrogens (tertiary/aromatic N) is 3. The molecule has 4 nitrogen and oxygen atoms in total. The van der Waals surface area contributed by atoms with E-state index in [-0.39, 0.29) is 0 Å². The molecular weight excluding hydrogens is 224 g/mol. The van der Waals surface area contributed by atoms with Crippen LogP contribution in [0.25, 0.3) is 0 Å². The van der Waals surface area contributed by atoms with Gasteiger partial charge in [-0.15, -0.1) is 5.10 Å². The Balaban J connectivity index is 1.93. The summed E-state index contributed by atoms with van der Waals surface area (Å²) in [7, 11) is 0. The lowest BCUT2D eigenvalue weighted by Gasteiger charge is -2.20. The molecule has 0 amide bonds. The van der Waals surface area contributed by atoms with E-state index in [1.807, 2.05) is 0 Å². The van der Waals surface area contributed by atoms with Crippen LogP contribution < -0.4 is 10.2 Å². The Morgan fingerprint density at radius 1 is 1.11 bits per heavy atom. The highest BCUT2D eigenvalue weighted by Crippen LogP contribution is 2.16. The zero-order chi connectivity index (χ0) is 12.8. The average Bonchev–Trinajstić information content (AvgIpc) is 2.66. The number of aromatic nitrogens is 2. The average molecular weight is 248 g/mol. The summed E-state index contributed by atoms with van der Waals surface area (Å²) in [6.07, 6.45) is 5.25. The third-order valence-electron chi connectivity index (χ3n) is 3.33. The zero-order valence-corrected chi connectivity index (χ0v) is 11.5. The first-order chi connectivity index (χ1) is 8.75. The van der Waals surface area contributed by atoms with E-state index in [4.69, 9.17) is 0 Å². The predicted octanol–water partition coefficient (Wildman–Crippen LogP) is 2.36. The van der Waals surface area contributed by atoms with Gasteiger partial charge in [0.15, 0.2) is 5.82 Å². The van der Waals surface area contributed by atoms with Crippen molar-refractivity contribution in [2.24, 2.45) is 0 Å². The molecule has 0 radical (unpaired) electrons. The van der Waals surface area contributed by atoms with Crippen LogP contribution in [0.2, 0.25) is 0 Å². The van der Waals surface area contributed by atoms with Gasteiger partial charge in [-0.05, 0) is 25.0 Å². The summed E-state index contributed by atoms with van der Waals surface area (Å²) in [5.41, 5.74) is 1.02. The first-order valence-electron chi connectivity index (χ1n) is 7.06. The molecule has 18 heavy (non-hydrogen) atoms. The standard InChI is InChI=1S/C14H24N4/c1-12(2)15-11-13-7-8-14(17-16-13)18-9-5-3-4-6-10-18/h7-8,12,15H,3-6,9-11H2,1-2H3. The minimum Gasteiger partial charge on any atom is -0.355 e. The van der Waals surface area contributed by atoms with E-state index in [2.05, 4.69) is 46.4 Å². The maximum absolute atomic E-state index is 4.36. The quantitative estimate of drug-likeness (QED) is 0.888. The SMILES string of the molecule is CC(C)NCc1ccc(N2CCCCCC2)nn1. The van der Waals surface area contributed by atoms with Crippen LogP contribution in [0.5, 0.6) is 0 Å². The van der Waals surface area contributed by atoms with Crippen LogP contribution in [-0.2, 0) is 6.54 Å². The topological polar surface area (TPSA) is 41.0 Å². The lowest BCUT2D eigenvalue weighted by Crippen LogP contribution is -2.26. The minimum atomic E-state index is 0.483. The summed E-state index contributed by atoms with van der Waals surface area (Å²) in [6.45, 7) is 7.32. The van der Waals surface area contributed by atoms with Gasteiger partial charge in [0.05, 0.1) is 5.69 Å². The van der Waals surface area contributed by atoms with Crippen LogP contribution in [0, 0.1) is 0 Å². The first-order valence-corrected chi connectivity index (χ1v) is 7.06. The van der Waals surface area contributed by atoms with E-state index in [9.17, 15) is 0 Å². The molecule has 1 aliphatic rings. The number of nitrogens with one attached hydrogen (secondary N) is 1. The van der Waals surface area contributed by atoms with Crippen molar-refractivity contribution in [3.63, 3.8) is 0 Å². The molecule has 1 aromatic rings. The van der Waals surface area contributed by atoms with Gasteiger partial charge in [0.25, 0.3) is 0 Å². The van der Waals surface area contributed by atoms with Crippen LogP contribution in [0.1, 0.15) is 45.2 Å². The predicted molar refractivity (Wildman–Crippen MR) is 74.7 cm³/mol. The van der Waals surface area contributed by atoms with Gasteiger partial charge in [-0.2, -0.15) is 5.10 Å². The lowest BCUT2D eigenvalue weighted by molar-refractivity contribution is 0.577. The van der Waals surface area contributed by atoms with Crippen molar-refractivity contribution >= 4 is 5.82 Å². The minimum absolute atomic E-state index is 0.483. The van der Waals surface area contributed by atoms with Gasteiger partial charge in [0.2, 0.25) is 0 Å². The third kappa shape index (κ3) is 3.95. The van der Waals surface area contributed by atoms with Gasteiger partial charge in [-0.3, -0.25) is 0 Å². The number of hydrogen-bond acceptors (Lipinski definition) is 4. The van der Waals surface area contributed by atoms with Crippen molar-refractivity contribution in [2.45, 2.75) is 52.1 Å². The molecular formula is C14H24N4. The number of hydrogen-bond donors (Lipinski definition) is 1. The molecule has 100 valence electrons. The van der Waals surface area contributed by atoms with Gasteiger partial charge in [0, 0.05) is 25.7 Å². The Bertz CT molecular complexity index is 339. The molecule has 4 heteroatoms. The fraction of sp³-hybridized carbons (Fsp3) is 0.714. The molecule has 0 aliphatic carbocycles. The van der Waals surface area contributed by atoms with Crippen molar-refractivity contribution in [3.8, 4) is 0 Å². The second-order valence-electron chi connectivity index (χ2n) is 5.32. The van der Waals surface area contributed by atoms with Gasteiger partial charge < -0.3 is 10.2 Å². The van der Waals surface area contributed by atoms with E-state index in [1.54, 1.807) is 0 Å². The summed E-state index contributed by atoms with van der Waals surface area (Å²) in [4.78, 5) is 2.36. The van der Waals surface area contributed by atoms with Crippen molar-refractivity contribution < 1.29 is 0 Å². The third-order valence-corrected chi connectivity index (χ3v) is 3.33. The van der Waals surface area contributed by atoms with Crippen LogP contribution in [-0.4, -0.2) is 29.3 Å². The first kappa shape index (κ1) is 13.3. The second kappa shape index (κ2) is 6.69. The van der Waals surface area contributed by atoms with E-state index in [0.29, 0.717) is 6.04 Å². The summed E-state index contributed by atoms with van der Waals surface area (Å²) in [5.74, 6) is 1.03. The zero-order valence-electron chi connectivity index (χ0n) is 11.5. The molecule has 2 rings (SSSR count). The Morgan fingerprint density at radius 3 is 2.39 bits per heavy atom. The van der Waals surface area contributed by atoms with E-state index < -0.39 is 0 Å². The van der Waals surface area contributed by atoms with Crippen LogP contribution in [0.4, 0.5) is 5.82 Å². The molecule has 1 saturated heterocycles. The Hall–Kier alpha value is -1.16. The van der Waals surface area contributed by atoms with Gasteiger partial charge in [0.1, 0.15) is 0 Å². The van der Waals surface area contributed by atoms with Crippen molar-refractivity contribution in [2.75, 3.05) is 18.0 Å². The van der Waals surface area contributed by atoms with Gasteiger partial charge in [-0.1, -0.05) is 26.7 Å². The molecule has 0 aromatic carbocycles. The maximum Gasteiger partial charge on any atom is 0.151 e. The maximum atomic E-state index is 4.36. The monoisotopic (exact) mass is 248 g/mol. The Morgan fingerprint density at radius 2 is 1.83 bits per heavy atom. The van der Waals surface area contributed by atoms with Crippen LogP contribution >= 0.6 is 0 Å². The van der Waals surface area contributed by atoms with Crippen molar-refractivity contribution in [1.29, 1.82) is 0 Å². The fourth-order valence-electron chi connectivity index (χ4n) is 2.22. The highest BCUT2D eigenvalue weighted by atomic mass is 15.3. The second-order valence-corrected chi connectivity index (χ2v) is 5.32. The van der Waals surface area contributed by atoms with Crippen LogP contribution in [0.15, 0.2) is 12.1 Å². The smallest absolute Gasteiger partial charge is 0.151 e. The molecule has 2 heterocycles. The van der Waals surface area contributed by atoms with Crippen molar-refractivity contribution in [3.05, 3.63) is 17.8 Å². The molecule has 1 aromatic heterocycles. The highest BCUT2D eigenvalue weighted by Gasteiger charge is 2.11. The summed E-state index contributed by atoms with van der Waals surface area (Å²) in [6, 6.07) is 4.68. The van der Waals surface area contributed by atoms with E-state index in [1.165, 1.54) is 25.7 Å². The molecule has 0 unspecified atom stereocenters. The van der Waals surface area contributed by atoms with E-state index in [0.717, 1.165) is 31.1 Å². The summed E-state index contributed by atoms with van der Waals surface area (Å²) >= 11 is 0. The van der Waals surface area contributed by atoms with Crippen molar-refractivity contribution in [1.82, 2.24) is 15.5 Å². The molecule has 1 N–H and O–H groups in total. The molecule has 0 spiro atoms. The van der Waals surface area contributed by atoms with Gasteiger partial charge in [-0.25, -0.2) is 0 Å². The molecule has 1 aliphatic heterocycles. The summed E-state index contributed by atoms with van der Waals surface area (Å²) in [5, 5.41) is 12.0. The molecule has 1 fully saturated rings. The van der Waals surface area contributed by atoms with Gasteiger partial charge >= 0.3 is 0 Å². The normalized spacial score (nSPS) is 16.9. The molecule has 0 atom stereocenters. The summed E-state index contributed by atoms with van der Waals surface area (Å²) < 4.78 is 0. The van der Waals surface area contributed by atoms with Crippen LogP contribution in [0.3, 0.4) is 0 Å². The largest absolute Gasteiger partial charge is 0.355 e. The molecule has 0 bridgehead atoms. The van der Waals surface area contributed by atoms with E-state index >= 15 is 0 Å². The molecule has 0 saturated carbocycles. The number of anilines is 1. The lowest BCUT2D eigenvalue weighted by atomic mass is 10.2. The highest BCUT2D eigenvalue weighted by molar-refractivity contribution is 5.37. The Kier molecular flexibility index (Phi) is 4.93. The Labute approximate surface area is 110 Å². The number of rotatable bonds is 4.